The van der Waals surface area contributed by atoms with Gasteiger partial charge in [0.2, 0.25) is 5.91 Å². The van der Waals surface area contributed by atoms with Crippen molar-refractivity contribution in [2.45, 2.75) is 25.4 Å². The minimum Gasteiger partial charge on any atom is -0.359 e. The van der Waals surface area contributed by atoms with Gasteiger partial charge in [-0.1, -0.05) is 0 Å². The number of piperidine rings is 1. The molecule has 31 heavy (non-hydrogen) atoms. The van der Waals surface area contributed by atoms with Gasteiger partial charge in [-0.15, -0.1) is 24.0 Å². The molecule has 1 aromatic rings. The van der Waals surface area contributed by atoms with E-state index in [0.29, 0.717) is 25.4 Å². The van der Waals surface area contributed by atoms with Gasteiger partial charge in [0.25, 0.3) is 5.91 Å². The van der Waals surface area contributed by atoms with Crippen LogP contribution in [0.1, 0.15) is 35.2 Å². The molecule has 1 fully saturated rings. The van der Waals surface area contributed by atoms with Crippen LogP contribution in [0.2, 0.25) is 0 Å². The molecule has 174 valence electrons. The van der Waals surface area contributed by atoms with Crippen molar-refractivity contribution in [3.05, 3.63) is 35.4 Å². The summed E-state index contributed by atoms with van der Waals surface area (Å²) in [6.45, 7) is 2.31. The number of likely N-dealkylation sites (tertiary alicyclic amines) is 1. The summed E-state index contributed by atoms with van der Waals surface area (Å²) in [5, 5.41) is 8.50. The maximum atomic E-state index is 12.6. The average molecular weight is 555 g/mol. The summed E-state index contributed by atoms with van der Waals surface area (Å²) < 4.78 is 37.8. The van der Waals surface area contributed by atoms with Crippen molar-refractivity contribution in [2.75, 3.05) is 40.3 Å². The number of hydrogen-bond acceptors (Lipinski definition) is 3. The van der Waals surface area contributed by atoms with Gasteiger partial charge in [0, 0.05) is 52.3 Å². The van der Waals surface area contributed by atoms with Crippen LogP contribution in [0.3, 0.4) is 0 Å². The number of guanidine groups is 1. The Labute approximate surface area is 197 Å². The predicted octanol–water partition coefficient (Wildman–Crippen LogP) is 2.48. The number of aliphatic imine (C=N–C) groups is 1. The lowest BCUT2D eigenvalue weighted by atomic mass is 9.93. The van der Waals surface area contributed by atoms with Gasteiger partial charge in [0.1, 0.15) is 0 Å². The highest BCUT2D eigenvalue weighted by molar-refractivity contribution is 14.0. The van der Waals surface area contributed by atoms with Crippen molar-refractivity contribution in [1.29, 1.82) is 0 Å². The Morgan fingerprint density at radius 1 is 1.10 bits per heavy atom. The molecular formula is C20H29F3IN5O2. The average Bonchev–Trinajstić information content (AvgIpc) is 2.73. The van der Waals surface area contributed by atoms with Crippen LogP contribution in [0.15, 0.2) is 29.3 Å². The fourth-order valence-electron chi connectivity index (χ4n) is 3.31. The summed E-state index contributed by atoms with van der Waals surface area (Å²) >= 11 is 0. The van der Waals surface area contributed by atoms with Crippen LogP contribution in [0.4, 0.5) is 13.2 Å². The van der Waals surface area contributed by atoms with Crippen LogP contribution in [-0.2, 0) is 11.0 Å². The molecule has 11 heteroatoms. The van der Waals surface area contributed by atoms with Crippen LogP contribution >= 0.6 is 24.0 Å². The first-order valence-electron chi connectivity index (χ1n) is 9.86. The smallest absolute Gasteiger partial charge is 0.359 e. The molecule has 1 heterocycles. The lowest BCUT2D eigenvalue weighted by molar-refractivity contribution is -0.137. The van der Waals surface area contributed by atoms with Gasteiger partial charge in [-0.05, 0) is 43.0 Å². The number of carbonyl (C=O) groups excluding carboxylic acids is 2. The minimum atomic E-state index is -4.42. The zero-order valence-electron chi connectivity index (χ0n) is 17.6. The van der Waals surface area contributed by atoms with E-state index in [1.165, 1.54) is 0 Å². The van der Waals surface area contributed by atoms with Crippen molar-refractivity contribution in [3.63, 3.8) is 0 Å². The molecule has 0 spiro atoms. The summed E-state index contributed by atoms with van der Waals surface area (Å²) in [5.74, 6) is 0.703. The van der Waals surface area contributed by atoms with Crippen LogP contribution in [-0.4, -0.2) is 62.9 Å². The molecule has 2 rings (SSSR count). The van der Waals surface area contributed by atoms with Crippen molar-refractivity contribution < 1.29 is 22.8 Å². The molecule has 0 bridgehead atoms. The quantitative estimate of drug-likeness (QED) is 0.218. The van der Waals surface area contributed by atoms with E-state index in [0.717, 1.165) is 56.2 Å². The van der Waals surface area contributed by atoms with E-state index in [1.54, 1.807) is 14.1 Å². The molecule has 0 aliphatic carbocycles. The third-order valence-electron chi connectivity index (χ3n) is 5.05. The highest BCUT2D eigenvalue weighted by Crippen LogP contribution is 2.29. The Bertz CT molecular complexity index is 748. The first-order chi connectivity index (χ1) is 14.2. The lowest BCUT2D eigenvalue weighted by Gasteiger charge is -2.34. The van der Waals surface area contributed by atoms with Crippen molar-refractivity contribution >= 4 is 41.8 Å². The molecule has 7 nitrogen and oxygen atoms in total. The summed E-state index contributed by atoms with van der Waals surface area (Å²) in [7, 11) is 3.32. The van der Waals surface area contributed by atoms with Gasteiger partial charge < -0.3 is 20.9 Å². The van der Waals surface area contributed by atoms with Crippen molar-refractivity contribution in [1.82, 2.24) is 20.9 Å². The minimum absolute atomic E-state index is 0. The Hall–Kier alpha value is -2.05. The molecule has 1 aromatic carbocycles. The Morgan fingerprint density at radius 3 is 2.19 bits per heavy atom. The van der Waals surface area contributed by atoms with E-state index in [2.05, 4.69) is 25.8 Å². The first kappa shape index (κ1) is 27.0. The van der Waals surface area contributed by atoms with E-state index in [1.807, 2.05) is 0 Å². The third kappa shape index (κ3) is 8.54. The van der Waals surface area contributed by atoms with E-state index >= 15 is 0 Å². The largest absolute Gasteiger partial charge is 0.416 e. The van der Waals surface area contributed by atoms with Crippen LogP contribution in [0.25, 0.3) is 0 Å². The molecule has 0 radical (unpaired) electrons. The predicted molar refractivity (Wildman–Crippen MR) is 124 cm³/mol. The molecule has 1 aliphatic heterocycles. The second-order valence-electron chi connectivity index (χ2n) is 7.11. The topological polar surface area (TPSA) is 85.8 Å². The number of alkyl halides is 3. The molecule has 2 amide bonds. The zero-order chi connectivity index (χ0) is 22.1. The third-order valence-corrected chi connectivity index (χ3v) is 5.05. The number of rotatable bonds is 6. The number of halogens is 4. The summed E-state index contributed by atoms with van der Waals surface area (Å²) in [4.78, 5) is 29.9. The maximum absolute atomic E-state index is 12.6. The number of nitrogens with zero attached hydrogens (tertiary/aromatic N) is 2. The van der Waals surface area contributed by atoms with Gasteiger partial charge in [-0.2, -0.15) is 13.2 Å². The van der Waals surface area contributed by atoms with Gasteiger partial charge >= 0.3 is 6.18 Å². The number of amides is 2. The van der Waals surface area contributed by atoms with Gasteiger partial charge in [-0.25, -0.2) is 0 Å². The molecule has 0 saturated carbocycles. The van der Waals surface area contributed by atoms with E-state index in [-0.39, 0.29) is 35.4 Å². The highest BCUT2D eigenvalue weighted by atomic mass is 127. The Morgan fingerprint density at radius 2 is 1.68 bits per heavy atom. The lowest BCUT2D eigenvalue weighted by Crippen LogP contribution is -2.47. The normalized spacial score (nSPS) is 15.1. The van der Waals surface area contributed by atoms with Gasteiger partial charge in [0.05, 0.1) is 5.56 Å². The number of nitrogens with one attached hydrogen (secondary N) is 3. The van der Waals surface area contributed by atoms with E-state index in [4.69, 9.17) is 0 Å². The standard InChI is InChI=1S/C20H28F3N5O2.HI/c1-24-17(29)13-14-7-11-28(12-8-14)19(25-2)27-10-9-26-18(30)15-3-5-16(6-4-15)20(21,22)23;/h3-6,14H,7-13H2,1-2H3,(H,24,29)(H,25,27)(H,26,30);1H. The van der Waals surface area contributed by atoms with Crippen LogP contribution in [0, 0.1) is 5.92 Å². The molecule has 0 unspecified atom stereocenters. The first-order valence-corrected chi connectivity index (χ1v) is 9.86. The second kappa shape index (κ2) is 12.7. The molecule has 3 N–H and O–H groups in total. The summed E-state index contributed by atoms with van der Waals surface area (Å²) in [5.41, 5.74) is -0.616. The van der Waals surface area contributed by atoms with Crippen LogP contribution in [0.5, 0.6) is 0 Å². The fourth-order valence-corrected chi connectivity index (χ4v) is 3.31. The molecular weight excluding hydrogens is 526 g/mol. The number of carbonyl (C=O) groups is 2. The summed E-state index contributed by atoms with van der Waals surface area (Å²) in [6.07, 6.45) is -2.09. The maximum Gasteiger partial charge on any atom is 0.416 e. The van der Waals surface area contributed by atoms with E-state index in [9.17, 15) is 22.8 Å². The van der Waals surface area contributed by atoms with E-state index < -0.39 is 17.6 Å². The second-order valence-corrected chi connectivity index (χ2v) is 7.11. The highest BCUT2D eigenvalue weighted by Gasteiger charge is 2.30. The Kier molecular flexibility index (Phi) is 11.1. The monoisotopic (exact) mass is 555 g/mol. The summed E-state index contributed by atoms with van der Waals surface area (Å²) in [6, 6.07) is 4.10. The van der Waals surface area contributed by atoms with Crippen molar-refractivity contribution in [3.8, 4) is 0 Å². The van der Waals surface area contributed by atoms with Gasteiger partial charge in [-0.3, -0.25) is 14.6 Å². The van der Waals surface area contributed by atoms with Gasteiger partial charge in [0.15, 0.2) is 5.96 Å². The molecule has 0 aromatic heterocycles. The number of benzene rings is 1. The van der Waals surface area contributed by atoms with Crippen molar-refractivity contribution in [2.24, 2.45) is 10.9 Å². The number of hydrogen-bond donors (Lipinski definition) is 3. The molecule has 1 saturated heterocycles. The molecule has 1 aliphatic rings. The Balaban J connectivity index is 0.00000480. The zero-order valence-corrected chi connectivity index (χ0v) is 19.9. The fraction of sp³-hybridized carbons (Fsp3) is 0.550. The molecule has 0 atom stereocenters. The van der Waals surface area contributed by atoms with Crippen LogP contribution < -0.4 is 16.0 Å². The SMILES string of the molecule is CN=C(NCCNC(=O)c1ccc(C(F)(F)F)cc1)N1CCC(CC(=O)NC)CC1.I.